The molecule has 0 fully saturated rings. The first-order valence-electron chi connectivity index (χ1n) is 4.90. The molecule has 15 heavy (non-hydrogen) atoms. The summed E-state index contributed by atoms with van der Waals surface area (Å²) in [5.41, 5.74) is 2.28. The summed E-state index contributed by atoms with van der Waals surface area (Å²) >= 11 is 9.82. The van der Waals surface area contributed by atoms with Gasteiger partial charge in [0.15, 0.2) is 0 Å². The van der Waals surface area contributed by atoms with E-state index < -0.39 is 0 Å². The molecule has 82 valence electrons. The van der Waals surface area contributed by atoms with E-state index in [1.807, 2.05) is 23.5 Å². The Balaban J connectivity index is 2.16. The van der Waals surface area contributed by atoms with Gasteiger partial charge >= 0.3 is 0 Å². The van der Waals surface area contributed by atoms with Crippen molar-refractivity contribution >= 4 is 35.1 Å². The van der Waals surface area contributed by atoms with Crippen molar-refractivity contribution in [1.29, 1.82) is 0 Å². The van der Waals surface area contributed by atoms with E-state index in [4.69, 9.17) is 11.6 Å². The zero-order valence-electron chi connectivity index (χ0n) is 8.79. The van der Waals surface area contributed by atoms with Crippen LogP contribution in [-0.4, -0.2) is 15.2 Å². The molecule has 0 saturated carbocycles. The van der Waals surface area contributed by atoms with Crippen LogP contribution in [0.1, 0.15) is 30.9 Å². The molecule has 0 aliphatic carbocycles. The van der Waals surface area contributed by atoms with E-state index in [-0.39, 0.29) is 0 Å². The van der Waals surface area contributed by atoms with Crippen LogP contribution >= 0.6 is 35.1 Å². The largest absolute Gasteiger partial charge is 0.236 e. The fourth-order valence-corrected chi connectivity index (χ4v) is 3.37. The molecular formula is C10H13ClN2S2. The first-order chi connectivity index (χ1) is 7.16. The number of fused-ring (bicyclic) bond motifs is 1. The van der Waals surface area contributed by atoms with Crippen molar-refractivity contribution in [1.82, 2.24) is 9.97 Å². The average molecular weight is 261 g/mol. The Kier molecular flexibility index (Phi) is 3.80. The van der Waals surface area contributed by atoms with Gasteiger partial charge in [0.2, 0.25) is 0 Å². The number of hydrogen-bond donors (Lipinski definition) is 0. The molecule has 0 atom stereocenters. The summed E-state index contributed by atoms with van der Waals surface area (Å²) in [6.07, 6.45) is 0. The van der Waals surface area contributed by atoms with Crippen LogP contribution in [0.2, 0.25) is 5.15 Å². The third-order valence-corrected chi connectivity index (χ3v) is 4.49. The van der Waals surface area contributed by atoms with Crippen molar-refractivity contribution in [2.24, 2.45) is 0 Å². The first-order valence-corrected chi connectivity index (χ1v) is 7.48. The SMILES string of the molecule is CC(C)SCc1nc(Cl)c2c(n1)CSC2. The minimum Gasteiger partial charge on any atom is -0.236 e. The Bertz CT molecular complexity index is 369. The Hall–Kier alpha value is 0.0700. The predicted molar refractivity (Wildman–Crippen MR) is 68.5 cm³/mol. The minimum absolute atomic E-state index is 0.606. The molecule has 2 heterocycles. The van der Waals surface area contributed by atoms with Crippen molar-refractivity contribution in [2.45, 2.75) is 36.4 Å². The van der Waals surface area contributed by atoms with Crippen LogP contribution < -0.4 is 0 Å². The van der Waals surface area contributed by atoms with Gasteiger partial charge in [0.05, 0.1) is 11.4 Å². The molecule has 1 aliphatic heterocycles. The lowest BCUT2D eigenvalue weighted by molar-refractivity contribution is 0.969. The van der Waals surface area contributed by atoms with Crippen LogP contribution in [0.5, 0.6) is 0 Å². The molecular weight excluding hydrogens is 248 g/mol. The van der Waals surface area contributed by atoms with Crippen LogP contribution in [0.4, 0.5) is 0 Å². The maximum Gasteiger partial charge on any atom is 0.140 e. The lowest BCUT2D eigenvalue weighted by Gasteiger charge is -2.06. The van der Waals surface area contributed by atoms with Crippen LogP contribution in [0.25, 0.3) is 0 Å². The fourth-order valence-electron chi connectivity index (χ4n) is 1.37. The van der Waals surface area contributed by atoms with Crippen molar-refractivity contribution in [2.75, 3.05) is 0 Å². The highest BCUT2D eigenvalue weighted by atomic mass is 35.5. The number of rotatable bonds is 3. The number of nitrogens with zero attached hydrogens (tertiary/aromatic N) is 2. The first kappa shape index (κ1) is 11.6. The molecule has 1 aromatic rings. The number of aromatic nitrogens is 2. The third kappa shape index (κ3) is 2.80. The Morgan fingerprint density at radius 2 is 2.20 bits per heavy atom. The second-order valence-electron chi connectivity index (χ2n) is 3.71. The lowest BCUT2D eigenvalue weighted by atomic mass is 10.3. The second kappa shape index (κ2) is 4.93. The Morgan fingerprint density at radius 3 is 2.93 bits per heavy atom. The van der Waals surface area contributed by atoms with Crippen molar-refractivity contribution in [3.8, 4) is 0 Å². The molecule has 0 aromatic carbocycles. The van der Waals surface area contributed by atoms with Gasteiger partial charge in [-0.05, 0) is 5.25 Å². The molecule has 0 radical (unpaired) electrons. The summed E-state index contributed by atoms with van der Waals surface area (Å²) in [6.45, 7) is 4.35. The quantitative estimate of drug-likeness (QED) is 0.777. The van der Waals surface area contributed by atoms with E-state index in [1.165, 1.54) is 0 Å². The summed E-state index contributed by atoms with van der Waals surface area (Å²) in [7, 11) is 0. The van der Waals surface area contributed by atoms with Gasteiger partial charge in [0.25, 0.3) is 0 Å². The molecule has 2 nitrogen and oxygen atoms in total. The summed E-state index contributed by atoms with van der Waals surface area (Å²) in [6, 6.07) is 0. The predicted octanol–water partition coefficient (Wildman–Crippen LogP) is 3.52. The van der Waals surface area contributed by atoms with Gasteiger partial charge < -0.3 is 0 Å². The van der Waals surface area contributed by atoms with Gasteiger partial charge in [-0.2, -0.15) is 23.5 Å². The molecule has 0 saturated heterocycles. The lowest BCUT2D eigenvalue weighted by Crippen LogP contribution is -2.01. The third-order valence-electron chi connectivity index (χ3n) is 2.12. The van der Waals surface area contributed by atoms with Crippen molar-refractivity contribution in [3.63, 3.8) is 0 Å². The number of halogens is 1. The molecule has 2 rings (SSSR count). The topological polar surface area (TPSA) is 25.8 Å². The van der Waals surface area contributed by atoms with Crippen LogP contribution in [0, 0.1) is 0 Å². The molecule has 1 aromatic heterocycles. The molecule has 0 unspecified atom stereocenters. The highest BCUT2D eigenvalue weighted by Crippen LogP contribution is 2.32. The summed E-state index contributed by atoms with van der Waals surface area (Å²) in [4.78, 5) is 8.89. The van der Waals surface area contributed by atoms with Gasteiger partial charge in [-0.25, -0.2) is 9.97 Å². The molecule has 0 N–H and O–H groups in total. The fraction of sp³-hybridized carbons (Fsp3) is 0.600. The average Bonchev–Trinajstić information content (AvgIpc) is 2.63. The highest BCUT2D eigenvalue weighted by Gasteiger charge is 2.18. The normalized spacial score (nSPS) is 14.7. The molecule has 1 aliphatic rings. The van der Waals surface area contributed by atoms with Crippen LogP contribution in [-0.2, 0) is 17.3 Å². The van der Waals surface area contributed by atoms with E-state index in [0.717, 1.165) is 34.3 Å². The molecule has 0 amide bonds. The monoisotopic (exact) mass is 260 g/mol. The summed E-state index contributed by atoms with van der Waals surface area (Å²) in [5.74, 6) is 3.68. The molecule has 0 spiro atoms. The van der Waals surface area contributed by atoms with E-state index in [2.05, 4.69) is 23.8 Å². The Morgan fingerprint density at radius 1 is 1.40 bits per heavy atom. The molecule has 0 bridgehead atoms. The van der Waals surface area contributed by atoms with E-state index in [1.54, 1.807) is 0 Å². The van der Waals surface area contributed by atoms with Crippen molar-refractivity contribution < 1.29 is 0 Å². The highest BCUT2D eigenvalue weighted by molar-refractivity contribution is 7.99. The standard InChI is InChI=1S/C10H13ClN2S2/c1-6(2)15-5-9-12-8-4-14-3-7(8)10(11)13-9/h6H,3-5H2,1-2H3. The smallest absolute Gasteiger partial charge is 0.140 e. The van der Waals surface area contributed by atoms with E-state index in [0.29, 0.717) is 10.4 Å². The number of hydrogen-bond acceptors (Lipinski definition) is 4. The van der Waals surface area contributed by atoms with Crippen molar-refractivity contribution in [3.05, 3.63) is 22.2 Å². The van der Waals surface area contributed by atoms with Gasteiger partial charge in [0, 0.05) is 17.1 Å². The van der Waals surface area contributed by atoms with Crippen LogP contribution in [0.3, 0.4) is 0 Å². The summed E-state index contributed by atoms with van der Waals surface area (Å²) < 4.78 is 0. The summed E-state index contributed by atoms with van der Waals surface area (Å²) in [5, 5.41) is 1.26. The minimum atomic E-state index is 0.606. The second-order valence-corrected chi connectivity index (χ2v) is 6.62. The van der Waals surface area contributed by atoms with E-state index in [9.17, 15) is 0 Å². The van der Waals surface area contributed by atoms with Gasteiger partial charge in [-0.1, -0.05) is 25.4 Å². The maximum atomic E-state index is 6.12. The van der Waals surface area contributed by atoms with Crippen LogP contribution in [0.15, 0.2) is 0 Å². The van der Waals surface area contributed by atoms with Gasteiger partial charge in [0.1, 0.15) is 11.0 Å². The van der Waals surface area contributed by atoms with Gasteiger partial charge in [-0.3, -0.25) is 0 Å². The maximum absolute atomic E-state index is 6.12. The zero-order valence-corrected chi connectivity index (χ0v) is 11.2. The number of thioether (sulfide) groups is 2. The van der Waals surface area contributed by atoms with Gasteiger partial charge in [-0.15, -0.1) is 0 Å². The Labute approximate surface area is 104 Å². The van der Waals surface area contributed by atoms with E-state index >= 15 is 0 Å². The molecule has 5 heteroatoms. The zero-order chi connectivity index (χ0) is 10.8.